The first-order valence-corrected chi connectivity index (χ1v) is 8.42. The molecule has 0 saturated carbocycles. The zero-order chi connectivity index (χ0) is 16.9. The van der Waals surface area contributed by atoms with Crippen molar-refractivity contribution in [2.45, 2.75) is 32.2 Å². The highest BCUT2D eigenvalue weighted by Gasteiger charge is 2.39. The minimum absolute atomic E-state index is 0.138. The number of nitrogens with zero attached hydrogens (tertiary/aromatic N) is 1. The maximum atomic E-state index is 12.6. The van der Waals surface area contributed by atoms with Gasteiger partial charge in [-0.3, -0.25) is 9.59 Å². The molecule has 3 rings (SSSR count). The molecule has 1 heterocycles. The molecular weight excluding hydrogens is 300 g/mol. The van der Waals surface area contributed by atoms with Crippen LogP contribution in [0.3, 0.4) is 0 Å². The normalized spacial score (nSPS) is 17.5. The monoisotopic (exact) mass is 322 g/mol. The lowest BCUT2D eigenvalue weighted by Crippen LogP contribution is -2.39. The van der Waals surface area contributed by atoms with E-state index in [-0.39, 0.29) is 18.2 Å². The summed E-state index contributed by atoms with van der Waals surface area (Å²) < 4.78 is 0. The number of benzene rings is 2. The molecule has 2 amide bonds. The summed E-state index contributed by atoms with van der Waals surface area (Å²) in [4.78, 5) is 26.1. The van der Waals surface area contributed by atoms with Crippen LogP contribution < -0.4 is 10.2 Å². The van der Waals surface area contributed by atoms with E-state index in [2.05, 4.69) is 24.4 Å². The van der Waals surface area contributed by atoms with E-state index >= 15 is 0 Å². The third kappa shape index (κ3) is 3.54. The summed E-state index contributed by atoms with van der Waals surface area (Å²) in [6, 6.07) is 17.3. The average molecular weight is 322 g/mol. The molecule has 2 aromatic carbocycles. The maximum absolute atomic E-state index is 12.6. The molecule has 0 bridgehead atoms. The van der Waals surface area contributed by atoms with Gasteiger partial charge >= 0.3 is 0 Å². The smallest absolute Gasteiger partial charge is 0.251 e. The number of imide groups is 1. The molecule has 124 valence electrons. The van der Waals surface area contributed by atoms with Crippen LogP contribution in [0.4, 0.5) is 5.69 Å². The highest BCUT2D eigenvalue weighted by atomic mass is 16.2. The molecule has 1 atom stereocenters. The number of carbonyl (C=O) groups is 2. The van der Waals surface area contributed by atoms with Crippen LogP contribution in [-0.2, 0) is 22.4 Å². The number of aryl methyl sites for hydroxylation is 1. The molecule has 0 aliphatic carbocycles. The van der Waals surface area contributed by atoms with Crippen LogP contribution >= 0.6 is 0 Å². The Morgan fingerprint density at radius 2 is 1.71 bits per heavy atom. The Balaban J connectivity index is 1.61. The van der Waals surface area contributed by atoms with Gasteiger partial charge < -0.3 is 5.32 Å². The van der Waals surface area contributed by atoms with Crippen LogP contribution in [0.5, 0.6) is 0 Å². The van der Waals surface area contributed by atoms with Gasteiger partial charge in [0.15, 0.2) is 0 Å². The van der Waals surface area contributed by atoms with E-state index in [9.17, 15) is 9.59 Å². The topological polar surface area (TPSA) is 49.4 Å². The van der Waals surface area contributed by atoms with Crippen LogP contribution in [0.2, 0.25) is 0 Å². The summed E-state index contributed by atoms with van der Waals surface area (Å²) >= 11 is 0. The number of amides is 2. The molecule has 1 aliphatic heterocycles. The van der Waals surface area contributed by atoms with E-state index in [0.29, 0.717) is 12.2 Å². The fraction of sp³-hybridized carbons (Fsp3) is 0.300. The SMILES string of the molecule is CCc1ccc(N2C(=O)CC(NCCc3ccccc3)C2=O)cc1. The summed E-state index contributed by atoms with van der Waals surface area (Å²) in [7, 11) is 0. The number of hydrogen-bond acceptors (Lipinski definition) is 3. The molecule has 4 nitrogen and oxygen atoms in total. The first-order valence-electron chi connectivity index (χ1n) is 8.42. The van der Waals surface area contributed by atoms with Crippen molar-refractivity contribution in [3.05, 3.63) is 65.7 Å². The van der Waals surface area contributed by atoms with Crippen LogP contribution in [0.25, 0.3) is 0 Å². The van der Waals surface area contributed by atoms with Crippen molar-refractivity contribution in [3.63, 3.8) is 0 Å². The third-order valence-corrected chi connectivity index (χ3v) is 4.40. The summed E-state index contributed by atoms with van der Waals surface area (Å²) in [5.74, 6) is -0.293. The Labute approximate surface area is 142 Å². The Kier molecular flexibility index (Phi) is 5.06. The van der Waals surface area contributed by atoms with Gasteiger partial charge in [-0.2, -0.15) is 0 Å². The number of rotatable bonds is 6. The van der Waals surface area contributed by atoms with Crippen molar-refractivity contribution >= 4 is 17.5 Å². The highest BCUT2D eigenvalue weighted by molar-refractivity contribution is 6.22. The molecule has 1 fully saturated rings. The first kappa shape index (κ1) is 16.4. The molecule has 1 unspecified atom stereocenters. The Bertz CT molecular complexity index is 710. The number of anilines is 1. The van der Waals surface area contributed by atoms with Crippen molar-refractivity contribution in [1.82, 2.24) is 5.32 Å². The zero-order valence-electron chi connectivity index (χ0n) is 13.9. The predicted molar refractivity (Wildman–Crippen MR) is 94.9 cm³/mol. The lowest BCUT2D eigenvalue weighted by Gasteiger charge is -2.16. The fourth-order valence-corrected chi connectivity index (χ4v) is 2.98. The van der Waals surface area contributed by atoms with Crippen LogP contribution in [0, 0.1) is 0 Å². The average Bonchev–Trinajstić information content (AvgIpc) is 2.90. The van der Waals surface area contributed by atoms with Gasteiger partial charge in [-0.25, -0.2) is 4.90 Å². The second-order valence-corrected chi connectivity index (χ2v) is 6.03. The molecule has 1 aliphatic rings. The second-order valence-electron chi connectivity index (χ2n) is 6.03. The quantitative estimate of drug-likeness (QED) is 0.832. The largest absolute Gasteiger partial charge is 0.305 e. The minimum Gasteiger partial charge on any atom is -0.305 e. The van der Waals surface area contributed by atoms with E-state index in [0.717, 1.165) is 12.8 Å². The van der Waals surface area contributed by atoms with Gasteiger partial charge in [0.05, 0.1) is 18.2 Å². The van der Waals surface area contributed by atoms with Gasteiger partial charge in [-0.1, -0.05) is 49.4 Å². The van der Waals surface area contributed by atoms with Crippen LogP contribution in [0.1, 0.15) is 24.5 Å². The first-order chi connectivity index (χ1) is 11.7. The molecule has 0 aromatic heterocycles. The van der Waals surface area contributed by atoms with Crippen molar-refractivity contribution in [1.29, 1.82) is 0 Å². The zero-order valence-corrected chi connectivity index (χ0v) is 13.9. The van der Waals surface area contributed by atoms with E-state index in [1.807, 2.05) is 42.5 Å². The molecule has 0 spiro atoms. The Morgan fingerprint density at radius 1 is 1.00 bits per heavy atom. The Morgan fingerprint density at radius 3 is 2.38 bits per heavy atom. The fourth-order valence-electron chi connectivity index (χ4n) is 2.98. The van der Waals surface area contributed by atoms with E-state index in [1.54, 1.807) is 0 Å². The van der Waals surface area contributed by atoms with Gasteiger partial charge in [-0.15, -0.1) is 0 Å². The Hall–Kier alpha value is -2.46. The molecule has 1 saturated heterocycles. The standard InChI is InChI=1S/C20H22N2O2/c1-2-15-8-10-17(11-9-15)22-19(23)14-18(20(22)24)21-13-12-16-6-4-3-5-7-16/h3-11,18,21H,2,12-14H2,1H3. The number of nitrogens with one attached hydrogen (secondary N) is 1. The second kappa shape index (κ2) is 7.41. The predicted octanol–water partition coefficient (Wildman–Crippen LogP) is 2.71. The minimum atomic E-state index is -0.424. The number of carbonyl (C=O) groups excluding carboxylic acids is 2. The highest BCUT2D eigenvalue weighted by Crippen LogP contribution is 2.23. The van der Waals surface area contributed by atoms with Crippen molar-refractivity contribution in [2.75, 3.05) is 11.4 Å². The summed E-state index contributed by atoms with van der Waals surface area (Å²) in [5, 5.41) is 3.22. The molecule has 0 radical (unpaired) electrons. The van der Waals surface area contributed by atoms with Crippen molar-refractivity contribution < 1.29 is 9.59 Å². The summed E-state index contributed by atoms with van der Waals surface area (Å²) in [5.41, 5.74) is 3.07. The molecule has 2 aromatic rings. The van der Waals surface area contributed by atoms with Crippen molar-refractivity contribution in [2.24, 2.45) is 0 Å². The van der Waals surface area contributed by atoms with Gasteiger partial charge in [0, 0.05) is 0 Å². The van der Waals surface area contributed by atoms with E-state index in [1.165, 1.54) is 16.0 Å². The molecule has 4 heteroatoms. The number of hydrogen-bond donors (Lipinski definition) is 1. The summed E-state index contributed by atoms with van der Waals surface area (Å²) in [6.45, 7) is 2.75. The maximum Gasteiger partial charge on any atom is 0.251 e. The van der Waals surface area contributed by atoms with Crippen LogP contribution in [0.15, 0.2) is 54.6 Å². The van der Waals surface area contributed by atoms with E-state index in [4.69, 9.17) is 0 Å². The van der Waals surface area contributed by atoms with Crippen LogP contribution in [-0.4, -0.2) is 24.4 Å². The van der Waals surface area contributed by atoms with Crippen molar-refractivity contribution in [3.8, 4) is 0 Å². The summed E-state index contributed by atoms with van der Waals surface area (Å²) in [6.07, 6.45) is 2.00. The van der Waals surface area contributed by atoms with Gasteiger partial charge in [0.1, 0.15) is 0 Å². The molecule has 1 N–H and O–H groups in total. The van der Waals surface area contributed by atoms with E-state index < -0.39 is 6.04 Å². The lowest BCUT2D eigenvalue weighted by molar-refractivity contribution is -0.121. The van der Waals surface area contributed by atoms with Gasteiger partial charge in [0.2, 0.25) is 5.91 Å². The van der Waals surface area contributed by atoms with Gasteiger partial charge in [0.25, 0.3) is 5.91 Å². The molecular formula is C20H22N2O2. The van der Waals surface area contributed by atoms with Gasteiger partial charge in [-0.05, 0) is 42.6 Å². The molecule has 24 heavy (non-hydrogen) atoms. The third-order valence-electron chi connectivity index (χ3n) is 4.40. The lowest BCUT2D eigenvalue weighted by atomic mass is 10.1.